The zero-order valence-corrected chi connectivity index (χ0v) is 19.9. The minimum absolute atomic E-state index is 0.0856. The molecule has 1 aliphatic rings. The third-order valence-corrected chi connectivity index (χ3v) is 6.44. The first-order valence-corrected chi connectivity index (χ1v) is 11.7. The summed E-state index contributed by atoms with van der Waals surface area (Å²) in [5.41, 5.74) is 1.83. The van der Waals surface area contributed by atoms with Crippen LogP contribution in [0.3, 0.4) is 0 Å². The zero-order valence-electron chi connectivity index (χ0n) is 19.2. The van der Waals surface area contributed by atoms with E-state index < -0.39 is 0 Å². The van der Waals surface area contributed by atoms with Crippen molar-refractivity contribution < 1.29 is 13.9 Å². The summed E-state index contributed by atoms with van der Waals surface area (Å²) in [4.78, 5) is 21.8. The first-order chi connectivity index (χ1) is 17.0. The highest BCUT2D eigenvalue weighted by molar-refractivity contribution is 6.30. The predicted molar refractivity (Wildman–Crippen MR) is 138 cm³/mol. The van der Waals surface area contributed by atoms with Crippen molar-refractivity contribution in [1.82, 2.24) is 9.88 Å². The van der Waals surface area contributed by atoms with Crippen molar-refractivity contribution in [2.45, 2.75) is 0 Å². The van der Waals surface area contributed by atoms with E-state index >= 15 is 0 Å². The number of halogens is 2. The van der Waals surface area contributed by atoms with Crippen LogP contribution in [0, 0.1) is 5.82 Å². The van der Waals surface area contributed by atoms with Crippen molar-refractivity contribution in [1.29, 1.82) is 0 Å². The smallest absolute Gasteiger partial charge is 0.256 e. The number of methoxy groups -OCH3 is 1. The van der Waals surface area contributed by atoms with Gasteiger partial charge in [0.1, 0.15) is 17.4 Å². The highest BCUT2D eigenvalue weighted by atomic mass is 35.5. The van der Waals surface area contributed by atoms with Gasteiger partial charge in [-0.1, -0.05) is 48.0 Å². The number of fused-ring (bicyclic) bond motifs is 1. The molecule has 1 amide bonds. The number of anilines is 3. The zero-order chi connectivity index (χ0) is 24.4. The van der Waals surface area contributed by atoms with Crippen molar-refractivity contribution in [3.63, 3.8) is 0 Å². The average Bonchev–Trinajstić information content (AvgIpc) is 2.90. The molecule has 4 aromatic rings. The van der Waals surface area contributed by atoms with Gasteiger partial charge in [-0.2, -0.15) is 0 Å². The molecule has 0 bridgehead atoms. The third kappa shape index (κ3) is 4.59. The molecule has 3 aromatic carbocycles. The Labute approximate surface area is 207 Å². The molecule has 1 aliphatic heterocycles. The first kappa shape index (κ1) is 22.9. The molecule has 8 heteroatoms. The van der Waals surface area contributed by atoms with E-state index in [4.69, 9.17) is 16.3 Å². The lowest BCUT2D eigenvalue weighted by molar-refractivity contribution is 0.0748. The van der Waals surface area contributed by atoms with Crippen molar-refractivity contribution in [3.05, 3.63) is 89.3 Å². The Hall–Kier alpha value is -3.84. The van der Waals surface area contributed by atoms with Crippen molar-refractivity contribution in [2.24, 2.45) is 0 Å². The second kappa shape index (κ2) is 9.80. The molecule has 0 aliphatic carbocycles. The SMILES string of the molecule is COc1cc(Cl)ccc1Nc1ncc(C(=O)N2CCN(c3ccccc3F)CC2)c2ccccc12. The maximum absolute atomic E-state index is 14.2. The Morgan fingerprint density at radius 2 is 1.71 bits per heavy atom. The van der Waals surface area contributed by atoms with Crippen molar-refractivity contribution >= 4 is 45.5 Å². The van der Waals surface area contributed by atoms with Gasteiger partial charge in [0.05, 0.1) is 24.0 Å². The van der Waals surface area contributed by atoms with Crippen LogP contribution in [0.1, 0.15) is 10.4 Å². The van der Waals surface area contributed by atoms with Gasteiger partial charge >= 0.3 is 0 Å². The highest BCUT2D eigenvalue weighted by Gasteiger charge is 2.25. The molecule has 6 nitrogen and oxygen atoms in total. The summed E-state index contributed by atoms with van der Waals surface area (Å²) in [5.74, 6) is 0.874. The summed E-state index contributed by atoms with van der Waals surface area (Å²) in [7, 11) is 1.58. The Balaban J connectivity index is 1.39. The number of carbonyl (C=O) groups excluding carboxylic acids is 1. The Kier molecular flexibility index (Phi) is 6.42. The number of nitrogens with zero attached hydrogens (tertiary/aromatic N) is 3. The number of piperazine rings is 1. The van der Waals surface area contributed by atoms with E-state index in [9.17, 15) is 9.18 Å². The molecule has 2 heterocycles. The molecule has 1 N–H and O–H groups in total. The molecule has 0 atom stereocenters. The van der Waals surface area contributed by atoms with Crippen LogP contribution in [-0.2, 0) is 0 Å². The second-order valence-electron chi connectivity index (χ2n) is 8.27. The van der Waals surface area contributed by atoms with E-state index in [0.29, 0.717) is 54.0 Å². The fourth-order valence-electron chi connectivity index (χ4n) is 4.39. The fraction of sp³-hybridized carbons (Fsp3) is 0.185. The van der Waals surface area contributed by atoms with Gasteiger partial charge in [0, 0.05) is 48.9 Å². The van der Waals surface area contributed by atoms with E-state index in [2.05, 4.69) is 10.3 Å². The van der Waals surface area contributed by atoms with Gasteiger partial charge in [-0.05, 0) is 29.7 Å². The number of ether oxygens (including phenoxy) is 1. The highest BCUT2D eigenvalue weighted by Crippen LogP contribution is 2.33. The number of hydrogen-bond acceptors (Lipinski definition) is 5. The number of aromatic nitrogens is 1. The van der Waals surface area contributed by atoms with Crippen LogP contribution in [-0.4, -0.2) is 49.1 Å². The van der Waals surface area contributed by atoms with Crippen LogP contribution in [0.2, 0.25) is 5.02 Å². The van der Waals surface area contributed by atoms with Crippen molar-refractivity contribution in [2.75, 3.05) is 43.5 Å². The maximum atomic E-state index is 14.2. The number of para-hydroxylation sites is 1. The van der Waals surface area contributed by atoms with Crippen LogP contribution in [0.5, 0.6) is 5.75 Å². The van der Waals surface area contributed by atoms with Crippen molar-refractivity contribution in [3.8, 4) is 5.75 Å². The number of nitrogens with one attached hydrogen (secondary N) is 1. The molecular formula is C27H24ClFN4O2. The third-order valence-electron chi connectivity index (χ3n) is 6.20. The van der Waals surface area contributed by atoms with Gasteiger partial charge in [-0.3, -0.25) is 4.79 Å². The first-order valence-electron chi connectivity index (χ1n) is 11.3. The quantitative estimate of drug-likeness (QED) is 0.386. The van der Waals surface area contributed by atoms with Crippen LogP contribution in [0.4, 0.5) is 21.6 Å². The summed E-state index contributed by atoms with van der Waals surface area (Å²) in [6, 6.07) is 19.7. The fourth-order valence-corrected chi connectivity index (χ4v) is 4.55. The molecule has 0 radical (unpaired) electrons. The van der Waals surface area contributed by atoms with Gasteiger partial charge in [-0.25, -0.2) is 9.37 Å². The molecule has 1 fully saturated rings. The lowest BCUT2D eigenvalue weighted by Gasteiger charge is -2.36. The van der Waals surface area contributed by atoms with Gasteiger partial charge in [0.2, 0.25) is 0 Å². The van der Waals surface area contributed by atoms with E-state index in [1.54, 1.807) is 42.5 Å². The van der Waals surface area contributed by atoms with Gasteiger partial charge < -0.3 is 19.9 Å². The molecule has 0 unspecified atom stereocenters. The topological polar surface area (TPSA) is 57.7 Å². The number of benzene rings is 3. The molecule has 0 spiro atoms. The molecule has 35 heavy (non-hydrogen) atoms. The normalized spacial score (nSPS) is 13.7. The largest absolute Gasteiger partial charge is 0.495 e. The summed E-state index contributed by atoms with van der Waals surface area (Å²) in [6.45, 7) is 2.13. The van der Waals surface area contributed by atoms with E-state index in [1.165, 1.54) is 6.07 Å². The van der Waals surface area contributed by atoms with Crippen LogP contribution in [0.25, 0.3) is 10.8 Å². The molecule has 0 saturated carbocycles. The maximum Gasteiger partial charge on any atom is 0.256 e. The van der Waals surface area contributed by atoms with E-state index in [0.717, 1.165) is 16.5 Å². The summed E-state index contributed by atoms with van der Waals surface area (Å²) in [6.07, 6.45) is 1.61. The summed E-state index contributed by atoms with van der Waals surface area (Å²) in [5, 5.41) is 5.50. The number of pyridine rings is 1. The Bertz CT molecular complexity index is 1390. The lowest BCUT2D eigenvalue weighted by atomic mass is 10.1. The molecular weight excluding hydrogens is 467 g/mol. The number of hydrogen-bond donors (Lipinski definition) is 1. The molecule has 1 saturated heterocycles. The van der Waals surface area contributed by atoms with Crippen LogP contribution in [0.15, 0.2) is 72.9 Å². The lowest BCUT2D eigenvalue weighted by Crippen LogP contribution is -2.49. The molecule has 1 aromatic heterocycles. The Morgan fingerprint density at radius 3 is 2.46 bits per heavy atom. The minimum Gasteiger partial charge on any atom is -0.495 e. The Morgan fingerprint density at radius 1 is 1.00 bits per heavy atom. The molecule has 5 rings (SSSR count). The van der Waals surface area contributed by atoms with Gasteiger partial charge in [0.25, 0.3) is 5.91 Å². The predicted octanol–water partition coefficient (Wildman–Crippen LogP) is 5.74. The van der Waals surface area contributed by atoms with E-state index in [1.807, 2.05) is 41.3 Å². The number of rotatable bonds is 5. The average molecular weight is 491 g/mol. The summed E-state index contributed by atoms with van der Waals surface area (Å²) < 4.78 is 19.6. The molecule has 178 valence electrons. The van der Waals surface area contributed by atoms with Gasteiger partial charge in [-0.15, -0.1) is 0 Å². The van der Waals surface area contributed by atoms with Crippen LogP contribution < -0.4 is 15.0 Å². The van der Waals surface area contributed by atoms with E-state index in [-0.39, 0.29) is 11.7 Å². The van der Waals surface area contributed by atoms with Gasteiger partial charge in [0.15, 0.2) is 0 Å². The second-order valence-corrected chi connectivity index (χ2v) is 8.70. The van der Waals surface area contributed by atoms with Crippen LogP contribution >= 0.6 is 11.6 Å². The summed E-state index contributed by atoms with van der Waals surface area (Å²) >= 11 is 6.09. The monoisotopic (exact) mass is 490 g/mol. The standard InChI is InChI=1S/C27H24ClFN4O2/c1-35-25-16-18(28)10-11-23(25)31-26-20-7-3-2-6-19(20)21(17-30-26)27(34)33-14-12-32(13-15-33)24-9-5-4-8-22(24)29/h2-11,16-17H,12-15H2,1H3,(H,30,31). The minimum atomic E-state index is -0.247. The number of carbonyl (C=O) groups is 1. The number of amides is 1.